The van der Waals surface area contributed by atoms with Crippen molar-refractivity contribution in [1.82, 2.24) is 10.2 Å². The highest BCUT2D eigenvalue weighted by Gasteiger charge is 2.34. The monoisotopic (exact) mass is 208 g/mol. The number of terminal acetylenes is 1. The van der Waals surface area contributed by atoms with Gasteiger partial charge in [0.2, 0.25) is 5.91 Å². The molecule has 2 atom stereocenters. The third kappa shape index (κ3) is 2.73. The molecule has 3 heteroatoms. The second kappa shape index (κ2) is 5.18. The van der Waals surface area contributed by atoms with Crippen molar-refractivity contribution in [3.63, 3.8) is 0 Å². The number of likely N-dealkylation sites (tertiary alicyclic amines) is 1. The molecule has 1 fully saturated rings. The molecular weight excluding hydrogens is 188 g/mol. The topological polar surface area (TPSA) is 32.3 Å². The molecule has 0 aromatic rings. The molecular formula is C12H20N2O. The summed E-state index contributed by atoms with van der Waals surface area (Å²) in [6.07, 6.45) is 7.11. The lowest BCUT2D eigenvalue weighted by Crippen LogP contribution is -2.44. The predicted molar refractivity (Wildman–Crippen MR) is 61.3 cm³/mol. The standard InChI is InChI=1S/C12H20N2O/c1-5-10(6-2)14-8-7-11(12(14)15)13-9(3)4/h1,9-11,13H,6-8H2,2-4H3. The van der Waals surface area contributed by atoms with Crippen LogP contribution in [0, 0.1) is 12.3 Å². The molecule has 0 aromatic carbocycles. The van der Waals surface area contributed by atoms with E-state index >= 15 is 0 Å². The van der Waals surface area contributed by atoms with E-state index in [9.17, 15) is 4.79 Å². The van der Waals surface area contributed by atoms with Crippen molar-refractivity contribution in [2.24, 2.45) is 0 Å². The van der Waals surface area contributed by atoms with E-state index in [-0.39, 0.29) is 18.0 Å². The summed E-state index contributed by atoms with van der Waals surface area (Å²) in [6, 6.07) is 0.272. The van der Waals surface area contributed by atoms with Crippen molar-refractivity contribution < 1.29 is 4.79 Å². The number of amides is 1. The van der Waals surface area contributed by atoms with E-state index < -0.39 is 0 Å². The highest BCUT2D eigenvalue weighted by Crippen LogP contribution is 2.16. The molecule has 1 aliphatic heterocycles. The maximum atomic E-state index is 12.0. The number of nitrogens with zero attached hydrogens (tertiary/aromatic N) is 1. The lowest BCUT2D eigenvalue weighted by atomic mass is 10.2. The Bertz CT molecular complexity index is 267. The highest BCUT2D eigenvalue weighted by atomic mass is 16.2. The number of hydrogen-bond acceptors (Lipinski definition) is 2. The zero-order valence-electron chi connectivity index (χ0n) is 9.79. The molecule has 1 heterocycles. The van der Waals surface area contributed by atoms with Crippen LogP contribution >= 0.6 is 0 Å². The van der Waals surface area contributed by atoms with Crippen molar-refractivity contribution in [3.05, 3.63) is 0 Å². The first-order valence-corrected chi connectivity index (χ1v) is 5.62. The zero-order chi connectivity index (χ0) is 11.4. The van der Waals surface area contributed by atoms with Crippen molar-refractivity contribution >= 4 is 5.91 Å². The first kappa shape index (κ1) is 12.1. The minimum Gasteiger partial charge on any atom is -0.327 e. The van der Waals surface area contributed by atoms with Crippen LogP contribution in [0.3, 0.4) is 0 Å². The number of rotatable bonds is 4. The van der Waals surface area contributed by atoms with E-state index in [1.54, 1.807) is 0 Å². The first-order chi connectivity index (χ1) is 7.10. The summed E-state index contributed by atoms with van der Waals surface area (Å²) in [5, 5.41) is 3.26. The number of carbonyl (C=O) groups is 1. The lowest BCUT2D eigenvalue weighted by Gasteiger charge is -2.23. The Balaban J connectivity index is 2.60. The minimum atomic E-state index is -0.0348. The maximum absolute atomic E-state index is 12.0. The Labute approximate surface area is 92.2 Å². The predicted octanol–water partition coefficient (Wildman–Crippen LogP) is 0.997. The molecule has 84 valence electrons. The molecule has 0 spiro atoms. The SMILES string of the molecule is C#CC(CC)N1CCC(NC(C)C)C1=O. The molecule has 1 rings (SSSR count). The van der Waals surface area contributed by atoms with Gasteiger partial charge < -0.3 is 10.2 Å². The molecule has 0 aromatic heterocycles. The number of carbonyl (C=O) groups excluding carboxylic acids is 1. The molecule has 2 unspecified atom stereocenters. The molecule has 1 saturated heterocycles. The Hall–Kier alpha value is -1.01. The van der Waals surface area contributed by atoms with Gasteiger partial charge in [0.05, 0.1) is 12.1 Å². The Morgan fingerprint density at radius 3 is 2.80 bits per heavy atom. The van der Waals surface area contributed by atoms with Crippen molar-refractivity contribution in [2.75, 3.05) is 6.54 Å². The normalized spacial score (nSPS) is 23.3. The van der Waals surface area contributed by atoms with Gasteiger partial charge in [0.1, 0.15) is 0 Å². The molecule has 1 aliphatic rings. The van der Waals surface area contributed by atoms with Gasteiger partial charge in [0.15, 0.2) is 0 Å². The van der Waals surface area contributed by atoms with Gasteiger partial charge in [-0.25, -0.2) is 0 Å². The van der Waals surface area contributed by atoms with E-state index in [1.165, 1.54) is 0 Å². The largest absolute Gasteiger partial charge is 0.327 e. The summed E-state index contributed by atoms with van der Waals surface area (Å²) in [5.74, 6) is 2.84. The summed E-state index contributed by atoms with van der Waals surface area (Å²) >= 11 is 0. The van der Waals surface area contributed by atoms with E-state index in [2.05, 4.69) is 25.1 Å². The van der Waals surface area contributed by atoms with E-state index in [0.29, 0.717) is 6.04 Å². The number of hydrogen-bond donors (Lipinski definition) is 1. The average molecular weight is 208 g/mol. The summed E-state index contributed by atoms with van der Waals surface area (Å²) in [6.45, 7) is 6.90. The van der Waals surface area contributed by atoms with Crippen molar-refractivity contribution in [3.8, 4) is 12.3 Å². The first-order valence-electron chi connectivity index (χ1n) is 5.62. The Morgan fingerprint density at radius 2 is 2.33 bits per heavy atom. The average Bonchev–Trinajstić information content (AvgIpc) is 2.51. The van der Waals surface area contributed by atoms with Crippen molar-refractivity contribution in [2.45, 2.75) is 51.7 Å². The minimum absolute atomic E-state index is 0.0311. The summed E-state index contributed by atoms with van der Waals surface area (Å²) in [5.41, 5.74) is 0. The van der Waals surface area contributed by atoms with Gasteiger partial charge in [-0.15, -0.1) is 6.42 Å². The van der Waals surface area contributed by atoms with Crippen molar-refractivity contribution in [1.29, 1.82) is 0 Å². The molecule has 15 heavy (non-hydrogen) atoms. The maximum Gasteiger partial charge on any atom is 0.240 e. The highest BCUT2D eigenvalue weighted by molar-refractivity contribution is 5.84. The van der Waals surface area contributed by atoms with Gasteiger partial charge in [0.25, 0.3) is 0 Å². The summed E-state index contributed by atoms with van der Waals surface area (Å²) < 4.78 is 0. The second-order valence-corrected chi connectivity index (χ2v) is 4.28. The van der Waals surface area contributed by atoms with Gasteiger partial charge in [-0.2, -0.15) is 0 Å². The second-order valence-electron chi connectivity index (χ2n) is 4.28. The van der Waals surface area contributed by atoms with Crippen LogP contribution < -0.4 is 5.32 Å². The van der Waals surface area contributed by atoms with Gasteiger partial charge >= 0.3 is 0 Å². The number of nitrogens with one attached hydrogen (secondary N) is 1. The van der Waals surface area contributed by atoms with Crippen LogP contribution in [0.25, 0.3) is 0 Å². The molecule has 1 amide bonds. The fourth-order valence-electron chi connectivity index (χ4n) is 2.00. The lowest BCUT2D eigenvalue weighted by molar-refractivity contribution is -0.130. The van der Waals surface area contributed by atoms with Crippen LogP contribution in [0.4, 0.5) is 0 Å². The quantitative estimate of drug-likeness (QED) is 0.699. The van der Waals surface area contributed by atoms with Gasteiger partial charge in [0, 0.05) is 12.6 Å². The zero-order valence-corrected chi connectivity index (χ0v) is 9.79. The molecule has 0 radical (unpaired) electrons. The van der Waals surface area contributed by atoms with Gasteiger partial charge in [-0.05, 0) is 12.8 Å². The van der Waals surface area contributed by atoms with E-state index in [4.69, 9.17) is 6.42 Å². The third-order valence-corrected chi connectivity index (χ3v) is 2.73. The van der Waals surface area contributed by atoms with Gasteiger partial charge in [-0.1, -0.05) is 26.7 Å². The summed E-state index contributed by atoms with van der Waals surface area (Å²) in [4.78, 5) is 13.8. The third-order valence-electron chi connectivity index (χ3n) is 2.73. The molecule has 0 bridgehead atoms. The van der Waals surface area contributed by atoms with Crippen LogP contribution in [0.15, 0.2) is 0 Å². The Kier molecular flexibility index (Phi) is 4.16. The fourth-order valence-corrected chi connectivity index (χ4v) is 2.00. The van der Waals surface area contributed by atoms with Crippen LogP contribution in [0.1, 0.15) is 33.6 Å². The van der Waals surface area contributed by atoms with Gasteiger partial charge in [-0.3, -0.25) is 4.79 Å². The molecule has 1 N–H and O–H groups in total. The fraction of sp³-hybridized carbons (Fsp3) is 0.750. The molecule has 0 saturated carbocycles. The Morgan fingerprint density at radius 1 is 1.67 bits per heavy atom. The van der Waals surface area contributed by atoms with Crippen LogP contribution in [0.2, 0.25) is 0 Å². The molecule has 3 nitrogen and oxygen atoms in total. The smallest absolute Gasteiger partial charge is 0.240 e. The van der Waals surface area contributed by atoms with Crippen LogP contribution in [-0.2, 0) is 4.79 Å². The van der Waals surface area contributed by atoms with Crippen LogP contribution in [0.5, 0.6) is 0 Å². The van der Waals surface area contributed by atoms with E-state index in [1.807, 2.05) is 11.8 Å². The van der Waals surface area contributed by atoms with E-state index in [0.717, 1.165) is 19.4 Å². The van der Waals surface area contributed by atoms with Crippen LogP contribution in [-0.4, -0.2) is 35.5 Å². The molecule has 0 aliphatic carbocycles. The summed E-state index contributed by atoms with van der Waals surface area (Å²) in [7, 11) is 0.